The number of sulfonamides is 1. The Morgan fingerprint density at radius 2 is 1.83 bits per heavy atom. The third kappa shape index (κ3) is 4.03. The maximum absolute atomic E-state index is 13.0. The van der Waals surface area contributed by atoms with Crippen molar-refractivity contribution in [2.75, 3.05) is 26.2 Å². The summed E-state index contributed by atoms with van der Waals surface area (Å²) in [5.74, 6) is -0.00269. The summed E-state index contributed by atoms with van der Waals surface area (Å²) in [7, 11) is -3.68. The third-order valence-electron chi connectivity index (χ3n) is 5.64. The predicted octanol–water partition coefficient (Wildman–Crippen LogP) is 1.44. The van der Waals surface area contributed by atoms with Gasteiger partial charge in [-0.05, 0) is 42.8 Å². The van der Waals surface area contributed by atoms with Gasteiger partial charge < -0.3 is 4.90 Å². The minimum absolute atomic E-state index is 0.00269. The van der Waals surface area contributed by atoms with Crippen LogP contribution in [0.5, 0.6) is 0 Å². The molecule has 1 amide bonds. The van der Waals surface area contributed by atoms with E-state index in [-0.39, 0.29) is 29.4 Å². The van der Waals surface area contributed by atoms with Crippen molar-refractivity contribution in [1.82, 2.24) is 14.5 Å². The summed E-state index contributed by atoms with van der Waals surface area (Å²) < 4.78 is 27.9. The number of benzene rings is 2. The molecule has 0 radical (unpaired) electrons. The van der Waals surface area contributed by atoms with Gasteiger partial charge in [-0.25, -0.2) is 13.1 Å². The van der Waals surface area contributed by atoms with Crippen LogP contribution in [0.1, 0.15) is 22.3 Å². The number of nitrogens with zero attached hydrogens (tertiary/aromatic N) is 3. The summed E-state index contributed by atoms with van der Waals surface area (Å²) in [6, 6.07) is 17.1. The first-order chi connectivity index (χ1) is 14.0. The van der Waals surface area contributed by atoms with E-state index in [1.165, 1.54) is 24.3 Å². The second-order valence-electron chi connectivity index (χ2n) is 7.40. The molecule has 7 nitrogen and oxygen atoms in total. The van der Waals surface area contributed by atoms with Crippen LogP contribution in [0.2, 0.25) is 0 Å². The fourth-order valence-electron chi connectivity index (χ4n) is 4.03. The Kier molecular flexibility index (Phi) is 5.37. The van der Waals surface area contributed by atoms with Crippen LogP contribution in [0.4, 0.5) is 0 Å². The van der Waals surface area contributed by atoms with Crippen LogP contribution in [0.3, 0.4) is 0 Å². The third-order valence-corrected chi connectivity index (χ3v) is 7.08. The maximum atomic E-state index is 13.0. The van der Waals surface area contributed by atoms with Crippen LogP contribution in [0.15, 0.2) is 59.5 Å². The lowest BCUT2D eigenvalue weighted by molar-refractivity contribution is 0.0503. The highest BCUT2D eigenvalue weighted by Gasteiger charge is 2.41. The van der Waals surface area contributed by atoms with Crippen molar-refractivity contribution in [2.24, 2.45) is 0 Å². The normalized spacial score (nSPS) is 23.6. The Labute approximate surface area is 170 Å². The molecule has 2 fully saturated rings. The van der Waals surface area contributed by atoms with Crippen molar-refractivity contribution in [3.63, 3.8) is 0 Å². The lowest BCUT2D eigenvalue weighted by Crippen LogP contribution is -2.57. The van der Waals surface area contributed by atoms with Crippen LogP contribution in [-0.2, 0) is 10.0 Å². The molecule has 2 aromatic carbocycles. The molecular formula is C21H22N4O3S. The van der Waals surface area contributed by atoms with Gasteiger partial charge in [0.05, 0.1) is 16.5 Å². The number of carbonyl (C=O) groups is 1. The number of nitriles is 1. The number of hydrogen-bond acceptors (Lipinski definition) is 5. The molecule has 8 heteroatoms. The average Bonchev–Trinajstić information content (AvgIpc) is 3.17. The number of amides is 1. The molecule has 0 spiro atoms. The number of rotatable bonds is 5. The second kappa shape index (κ2) is 7.95. The smallest absolute Gasteiger partial charge is 0.254 e. The number of fused-ring (bicyclic) bond motifs is 2. The first-order valence-corrected chi connectivity index (χ1v) is 11.1. The zero-order valence-electron chi connectivity index (χ0n) is 15.9. The Balaban J connectivity index is 1.45. The van der Waals surface area contributed by atoms with Gasteiger partial charge in [0.25, 0.3) is 5.91 Å². The van der Waals surface area contributed by atoms with Crippen molar-refractivity contribution >= 4 is 15.9 Å². The first-order valence-electron chi connectivity index (χ1n) is 9.58. The SMILES string of the molecule is N#Cc1ccc(S(=O)(=O)NCC2CN(C(=O)c3ccccc3)C3CCN2C3)cc1. The highest BCUT2D eigenvalue weighted by molar-refractivity contribution is 7.89. The van der Waals surface area contributed by atoms with Gasteiger partial charge in [-0.15, -0.1) is 0 Å². The highest BCUT2D eigenvalue weighted by atomic mass is 32.2. The van der Waals surface area contributed by atoms with E-state index in [1.54, 1.807) is 0 Å². The molecule has 0 aromatic heterocycles. The Hall–Kier alpha value is -2.73. The van der Waals surface area contributed by atoms with Crippen molar-refractivity contribution in [3.05, 3.63) is 65.7 Å². The Morgan fingerprint density at radius 3 is 2.52 bits per heavy atom. The van der Waals surface area contributed by atoms with E-state index in [4.69, 9.17) is 5.26 Å². The lowest BCUT2D eigenvalue weighted by atomic mass is 10.1. The molecule has 3 unspecified atom stereocenters. The van der Waals surface area contributed by atoms with Gasteiger partial charge >= 0.3 is 0 Å². The van der Waals surface area contributed by atoms with Crippen LogP contribution in [0.25, 0.3) is 0 Å². The second-order valence-corrected chi connectivity index (χ2v) is 9.17. The van der Waals surface area contributed by atoms with Crippen molar-refractivity contribution < 1.29 is 13.2 Å². The van der Waals surface area contributed by atoms with Crippen LogP contribution < -0.4 is 4.72 Å². The first kappa shape index (κ1) is 19.6. The molecular weight excluding hydrogens is 388 g/mol. The van der Waals surface area contributed by atoms with E-state index in [1.807, 2.05) is 41.3 Å². The van der Waals surface area contributed by atoms with Crippen LogP contribution in [-0.4, -0.2) is 62.4 Å². The van der Waals surface area contributed by atoms with Crippen molar-refractivity contribution in [1.29, 1.82) is 5.26 Å². The quantitative estimate of drug-likeness (QED) is 0.805. The molecule has 1 N–H and O–H groups in total. The van der Waals surface area contributed by atoms with Gasteiger partial charge in [-0.3, -0.25) is 9.69 Å². The van der Waals surface area contributed by atoms with E-state index in [9.17, 15) is 13.2 Å². The summed E-state index contributed by atoms with van der Waals surface area (Å²) >= 11 is 0. The molecule has 2 heterocycles. The zero-order valence-corrected chi connectivity index (χ0v) is 16.7. The van der Waals surface area contributed by atoms with E-state index < -0.39 is 10.0 Å². The number of hydrogen-bond donors (Lipinski definition) is 1. The fourth-order valence-corrected chi connectivity index (χ4v) is 5.11. The molecule has 29 heavy (non-hydrogen) atoms. The predicted molar refractivity (Wildman–Crippen MR) is 108 cm³/mol. The standard InChI is InChI=1S/C21H22N4O3S/c22-12-16-6-8-20(9-7-16)29(27,28)23-13-19-15-25(18-10-11-24(19)14-18)21(26)17-4-2-1-3-5-17/h1-9,18-19,23H,10-11,13-15H2. The van der Waals surface area contributed by atoms with Gasteiger partial charge in [0.1, 0.15) is 0 Å². The molecule has 0 aliphatic carbocycles. The van der Waals surface area contributed by atoms with Gasteiger partial charge in [0, 0.05) is 43.8 Å². The van der Waals surface area contributed by atoms with Crippen molar-refractivity contribution in [2.45, 2.75) is 23.4 Å². The topological polar surface area (TPSA) is 93.5 Å². The molecule has 2 saturated heterocycles. The van der Waals surface area contributed by atoms with E-state index in [0.29, 0.717) is 17.7 Å². The van der Waals surface area contributed by atoms with Crippen LogP contribution in [0, 0.1) is 11.3 Å². The summed E-state index contributed by atoms with van der Waals surface area (Å²) in [6.07, 6.45) is 0.900. The summed E-state index contributed by atoms with van der Waals surface area (Å²) in [6.45, 7) is 2.34. The molecule has 2 aromatic rings. The lowest BCUT2D eigenvalue weighted by Gasteiger charge is -2.40. The molecule has 2 aliphatic rings. The molecule has 2 aliphatic heterocycles. The average molecular weight is 410 g/mol. The van der Waals surface area contributed by atoms with E-state index in [0.717, 1.165) is 19.5 Å². The summed E-state index contributed by atoms with van der Waals surface area (Å²) in [5.41, 5.74) is 1.07. The van der Waals surface area contributed by atoms with Gasteiger partial charge in [0.15, 0.2) is 0 Å². The highest BCUT2D eigenvalue weighted by Crippen LogP contribution is 2.26. The van der Waals surface area contributed by atoms with Gasteiger partial charge in [-0.2, -0.15) is 5.26 Å². The minimum atomic E-state index is -3.68. The molecule has 4 rings (SSSR count). The number of carbonyl (C=O) groups excluding carboxylic acids is 1. The molecule has 2 bridgehead atoms. The largest absolute Gasteiger partial charge is 0.333 e. The van der Waals surface area contributed by atoms with E-state index in [2.05, 4.69) is 9.62 Å². The molecule has 150 valence electrons. The number of nitrogens with one attached hydrogen (secondary N) is 1. The zero-order chi connectivity index (χ0) is 20.4. The number of piperazine rings is 1. The van der Waals surface area contributed by atoms with Gasteiger partial charge in [0.2, 0.25) is 10.0 Å². The van der Waals surface area contributed by atoms with E-state index >= 15 is 0 Å². The molecule has 3 atom stereocenters. The molecule has 0 saturated carbocycles. The van der Waals surface area contributed by atoms with Crippen LogP contribution >= 0.6 is 0 Å². The fraction of sp³-hybridized carbons (Fsp3) is 0.333. The Morgan fingerprint density at radius 1 is 1.10 bits per heavy atom. The van der Waals surface area contributed by atoms with Crippen molar-refractivity contribution in [3.8, 4) is 6.07 Å². The maximum Gasteiger partial charge on any atom is 0.254 e. The minimum Gasteiger partial charge on any atom is -0.333 e. The summed E-state index contributed by atoms with van der Waals surface area (Å²) in [5, 5.41) is 8.86. The van der Waals surface area contributed by atoms with Gasteiger partial charge in [-0.1, -0.05) is 18.2 Å². The monoisotopic (exact) mass is 410 g/mol. The summed E-state index contributed by atoms with van der Waals surface area (Å²) in [4.78, 5) is 17.2. The Bertz CT molecular complexity index is 1030.